The third kappa shape index (κ3) is 3.40. The number of anilines is 1. The number of aromatic amines is 1. The molecule has 1 N–H and O–H groups in total. The van der Waals surface area contributed by atoms with E-state index in [-0.39, 0.29) is 23.7 Å². The molecule has 9 heteroatoms. The Morgan fingerprint density at radius 3 is 2.53 bits per heavy atom. The van der Waals surface area contributed by atoms with Crippen LogP contribution < -0.4 is 9.99 Å². The summed E-state index contributed by atoms with van der Waals surface area (Å²) in [6.45, 7) is 3.01. The molecular weight excluding hydrogens is 428 g/mol. The zero-order chi connectivity index (χ0) is 22.6. The van der Waals surface area contributed by atoms with Gasteiger partial charge < -0.3 is 9.88 Å². The van der Waals surface area contributed by atoms with Gasteiger partial charge in [-0.15, -0.1) is 0 Å². The Bertz CT molecular complexity index is 1370. The van der Waals surface area contributed by atoms with E-state index in [1.165, 1.54) is 10.6 Å². The van der Waals surface area contributed by atoms with Crippen molar-refractivity contribution in [3.05, 3.63) is 64.1 Å². The number of nitrogens with zero attached hydrogens (tertiary/aromatic N) is 3. The molecule has 0 aliphatic carbocycles. The maximum atomic E-state index is 13.2. The number of fused-ring (bicyclic) bond motifs is 2. The highest BCUT2D eigenvalue weighted by molar-refractivity contribution is 7.92. The maximum Gasteiger partial charge on any atom is 0.326 e. The van der Waals surface area contributed by atoms with E-state index in [1.807, 2.05) is 46.7 Å². The van der Waals surface area contributed by atoms with Crippen molar-refractivity contribution in [1.82, 2.24) is 14.5 Å². The van der Waals surface area contributed by atoms with Crippen LogP contribution in [-0.2, 0) is 16.4 Å². The van der Waals surface area contributed by atoms with Crippen molar-refractivity contribution >= 4 is 32.7 Å². The molecule has 1 saturated heterocycles. The van der Waals surface area contributed by atoms with Crippen LogP contribution in [0.5, 0.6) is 0 Å². The van der Waals surface area contributed by atoms with Gasteiger partial charge in [0.05, 0.1) is 23.0 Å². The summed E-state index contributed by atoms with van der Waals surface area (Å²) >= 11 is 0. The molecule has 0 spiro atoms. The Hall–Kier alpha value is -3.07. The fraction of sp³-hybridized carbons (Fsp3) is 0.391. The summed E-state index contributed by atoms with van der Waals surface area (Å²) in [4.78, 5) is 30.4. The minimum absolute atomic E-state index is 0.0480. The van der Waals surface area contributed by atoms with E-state index in [1.54, 1.807) is 12.1 Å². The van der Waals surface area contributed by atoms with Crippen molar-refractivity contribution in [2.24, 2.45) is 0 Å². The highest BCUT2D eigenvalue weighted by Crippen LogP contribution is 2.35. The van der Waals surface area contributed by atoms with Gasteiger partial charge in [-0.2, -0.15) is 0 Å². The average molecular weight is 455 g/mol. The van der Waals surface area contributed by atoms with Gasteiger partial charge in [0.15, 0.2) is 0 Å². The summed E-state index contributed by atoms with van der Waals surface area (Å²) in [5, 5.41) is 0. The number of para-hydroxylation sites is 2. The molecule has 0 unspecified atom stereocenters. The van der Waals surface area contributed by atoms with Crippen LogP contribution in [0.4, 0.5) is 5.69 Å². The second kappa shape index (κ2) is 7.51. The number of carbonyl (C=O) groups excluding carboxylic acids is 1. The van der Waals surface area contributed by atoms with Crippen molar-refractivity contribution in [3.63, 3.8) is 0 Å². The Labute approximate surface area is 186 Å². The summed E-state index contributed by atoms with van der Waals surface area (Å²) in [6.07, 6.45) is 3.21. The summed E-state index contributed by atoms with van der Waals surface area (Å²) in [6, 6.07) is 12.8. The lowest BCUT2D eigenvalue weighted by atomic mass is 10.0. The molecule has 5 rings (SSSR count). The highest BCUT2D eigenvalue weighted by atomic mass is 32.2. The number of rotatable bonds is 3. The van der Waals surface area contributed by atoms with Gasteiger partial charge >= 0.3 is 5.69 Å². The molecule has 2 aromatic carbocycles. The van der Waals surface area contributed by atoms with Gasteiger partial charge in [-0.25, -0.2) is 13.2 Å². The van der Waals surface area contributed by atoms with E-state index in [9.17, 15) is 18.0 Å². The summed E-state index contributed by atoms with van der Waals surface area (Å²) < 4.78 is 27.5. The van der Waals surface area contributed by atoms with Gasteiger partial charge in [-0.3, -0.25) is 13.7 Å². The molecule has 3 heterocycles. The van der Waals surface area contributed by atoms with E-state index >= 15 is 0 Å². The van der Waals surface area contributed by atoms with Crippen LogP contribution in [0.2, 0.25) is 0 Å². The van der Waals surface area contributed by atoms with Gasteiger partial charge in [0.25, 0.3) is 5.91 Å². The SMILES string of the molecule is C[C@H]1Cc2cc(C(=O)N3CCC(n4c(=O)[nH]c5ccccc54)CC3)ccc2N1S(C)(=O)=O. The van der Waals surface area contributed by atoms with Gasteiger partial charge in [0.2, 0.25) is 10.0 Å². The van der Waals surface area contributed by atoms with E-state index in [4.69, 9.17) is 0 Å². The maximum absolute atomic E-state index is 13.2. The summed E-state index contributed by atoms with van der Waals surface area (Å²) in [5.41, 5.74) is 3.73. The van der Waals surface area contributed by atoms with Crippen LogP contribution in [0.1, 0.15) is 41.7 Å². The fourth-order valence-electron chi connectivity index (χ4n) is 5.19. The predicted octanol–water partition coefficient (Wildman–Crippen LogP) is 2.52. The van der Waals surface area contributed by atoms with E-state index < -0.39 is 10.0 Å². The average Bonchev–Trinajstić information content (AvgIpc) is 3.27. The number of nitrogens with one attached hydrogen (secondary N) is 1. The third-order valence-electron chi connectivity index (χ3n) is 6.58. The fourth-order valence-corrected chi connectivity index (χ4v) is 6.45. The van der Waals surface area contributed by atoms with Crippen molar-refractivity contribution in [2.45, 2.75) is 38.3 Å². The molecule has 1 aromatic heterocycles. The first-order valence-corrected chi connectivity index (χ1v) is 12.7. The van der Waals surface area contributed by atoms with Gasteiger partial charge in [0, 0.05) is 30.7 Å². The molecule has 32 heavy (non-hydrogen) atoms. The first-order valence-electron chi connectivity index (χ1n) is 10.8. The Balaban J connectivity index is 1.33. The second-order valence-electron chi connectivity index (χ2n) is 8.80. The van der Waals surface area contributed by atoms with Gasteiger partial charge in [0.1, 0.15) is 0 Å². The van der Waals surface area contributed by atoms with Gasteiger partial charge in [-0.1, -0.05) is 12.1 Å². The predicted molar refractivity (Wildman–Crippen MR) is 124 cm³/mol. The molecule has 168 valence electrons. The molecule has 1 amide bonds. The minimum atomic E-state index is -3.36. The minimum Gasteiger partial charge on any atom is -0.338 e. The smallest absolute Gasteiger partial charge is 0.326 e. The lowest BCUT2D eigenvalue weighted by Gasteiger charge is -2.32. The topological polar surface area (TPSA) is 95.5 Å². The van der Waals surface area contributed by atoms with Crippen LogP contribution in [0, 0.1) is 0 Å². The zero-order valence-corrected chi connectivity index (χ0v) is 18.9. The van der Waals surface area contributed by atoms with Crippen LogP contribution in [0.3, 0.4) is 0 Å². The number of piperidine rings is 1. The molecule has 2 aliphatic rings. The monoisotopic (exact) mass is 454 g/mol. The Morgan fingerprint density at radius 1 is 1.09 bits per heavy atom. The first kappa shape index (κ1) is 20.8. The molecule has 1 atom stereocenters. The van der Waals surface area contributed by atoms with E-state index in [0.29, 0.717) is 43.6 Å². The number of likely N-dealkylation sites (tertiary alicyclic amines) is 1. The number of imidazole rings is 1. The standard InChI is InChI=1S/C23H26N4O4S/c1-15-13-17-14-16(7-8-20(17)27(15)32(2,30)31)22(28)25-11-9-18(10-12-25)26-21-6-4-3-5-19(21)24-23(26)29/h3-8,14-15,18H,9-13H2,1-2H3,(H,24,29)/t15-/m0/s1. The van der Waals surface area contributed by atoms with Crippen molar-refractivity contribution in [1.29, 1.82) is 0 Å². The highest BCUT2D eigenvalue weighted by Gasteiger charge is 2.33. The molecule has 8 nitrogen and oxygen atoms in total. The van der Waals surface area contributed by atoms with Crippen LogP contribution in [0.25, 0.3) is 11.0 Å². The first-order chi connectivity index (χ1) is 15.2. The van der Waals surface area contributed by atoms with Crippen molar-refractivity contribution in [3.8, 4) is 0 Å². The molecule has 0 radical (unpaired) electrons. The Morgan fingerprint density at radius 2 is 1.81 bits per heavy atom. The van der Waals surface area contributed by atoms with Crippen LogP contribution >= 0.6 is 0 Å². The summed E-state index contributed by atoms with van der Waals surface area (Å²) in [7, 11) is -3.36. The number of H-pyrrole nitrogens is 1. The largest absolute Gasteiger partial charge is 0.338 e. The quantitative estimate of drug-likeness (QED) is 0.658. The van der Waals surface area contributed by atoms with Crippen molar-refractivity contribution in [2.75, 3.05) is 23.7 Å². The lowest BCUT2D eigenvalue weighted by molar-refractivity contribution is 0.0695. The number of amides is 1. The molecule has 2 aliphatic heterocycles. The lowest BCUT2D eigenvalue weighted by Crippen LogP contribution is -2.40. The number of sulfonamides is 1. The zero-order valence-electron chi connectivity index (χ0n) is 18.1. The summed E-state index contributed by atoms with van der Waals surface area (Å²) in [5.74, 6) is -0.0528. The second-order valence-corrected chi connectivity index (χ2v) is 10.7. The van der Waals surface area contributed by atoms with Crippen molar-refractivity contribution < 1.29 is 13.2 Å². The molecular formula is C23H26N4O4S. The number of hydrogen-bond acceptors (Lipinski definition) is 4. The number of aromatic nitrogens is 2. The molecule has 0 bridgehead atoms. The molecule has 3 aromatic rings. The van der Waals surface area contributed by atoms with Gasteiger partial charge in [-0.05, 0) is 62.1 Å². The molecule has 0 saturated carbocycles. The van der Waals surface area contributed by atoms with E-state index in [2.05, 4.69) is 4.98 Å². The number of hydrogen-bond donors (Lipinski definition) is 1. The molecule has 1 fully saturated rings. The van der Waals surface area contributed by atoms with E-state index in [0.717, 1.165) is 16.6 Å². The normalized spacial score (nSPS) is 19.5. The van der Waals surface area contributed by atoms with Crippen LogP contribution in [0.15, 0.2) is 47.3 Å². The number of benzene rings is 2. The third-order valence-corrected chi connectivity index (χ3v) is 7.85. The Kier molecular flexibility index (Phi) is 4.88. The number of carbonyl (C=O) groups is 1. The van der Waals surface area contributed by atoms with Crippen LogP contribution in [-0.4, -0.2) is 54.2 Å².